The Hall–Kier alpha value is -2.28. The maximum absolute atomic E-state index is 11.9. The molecule has 1 fully saturated rings. The van der Waals surface area contributed by atoms with Crippen molar-refractivity contribution in [3.05, 3.63) is 45.3 Å². The summed E-state index contributed by atoms with van der Waals surface area (Å²) in [6.45, 7) is 4.36. The number of carbonyl (C=O) groups is 2. The summed E-state index contributed by atoms with van der Waals surface area (Å²) in [4.78, 5) is 36.6. The standard InChI is InChI=1S/C17H17NO5S/c1-10-5-13-12(7-15(19)23-14(13)6-11(10)2)9-22-16(20)8-18-3-4-24-17(18)21/h5-7H,3-4,8-9H2,1-2H3. The number of ether oxygens (including phenoxy) is 1. The summed E-state index contributed by atoms with van der Waals surface area (Å²) in [6, 6.07) is 5.05. The van der Waals surface area contributed by atoms with E-state index in [0.717, 1.165) is 16.5 Å². The van der Waals surface area contributed by atoms with Crippen molar-refractivity contribution < 1.29 is 18.7 Å². The Labute approximate surface area is 142 Å². The molecule has 1 amide bonds. The van der Waals surface area contributed by atoms with Crippen LogP contribution in [0.25, 0.3) is 11.0 Å². The van der Waals surface area contributed by atoms with Crippen molar-refractivity contribution in [2.75, 3.05) is 18.8 Å². The fourth-order valence-corrected chi connectivity index (χ4v) is 3.36. The topological polar surface area (TPSA) is 76.8 Å². The monoisotopic (exact) mass is 347 g/mol. The van der Waals surface area contributed by atoms with Gasteiger partial charge >= 0.3 is 11.6 Å². The molecule has 0 radical (unpaired) electrons. The third kappa shape index (κ3) is 3.46. The lowest BCUT2D eigenvalue weighted by Crippen LogP contribution is -2.30. The van der Waals surface area contributed by atoms with Gasteiger partial charge in [-0.25, -0.2) is 4.79 Å². The lowest BCUT2D eigenvalue weighted by Gasteiger charge is -2.14. The molecule has 1 aliphatic rings. The summed E-state index contributed by atoms with van der Waals surface area (Å²) in [5.41, 5.74) is 2.67. The van der Waals surface area contributed by atoms with Gasteiger partial charge in [0.05, 0.1) is 0 Å². The normalized spacial score (nSPS) is 14.4. The summed E-state index contributed by atoms with van der Waals surface area (Å²) in [5, 5.41) is 0.641. The van der Waals surface area contributed by atoms with Crippen LogP contribution in [0.15, 0.2) is 27.4 Å². The second-order valence-electron chi connectivity index (χ2n) is 5.72. The number of rotatable bonds is 4. The highest BCUT2D eigenvalue weighted by Gasteiger charge is 2.24. The number of hydrogen-bond acceptors (Lipinski definition) is 6. The molecular weight excluding hydrogens is 330 g/mol. The van der Waals surface area contributed by atoms with E-state index in [4.69, 9.17) is 9.15 Å². The van der Waals surface area contributed by atoms with Gasteiger partial charge in [-0.05, 0) is 37.1 Å². The molecule has 0 aliphatic carbocycles. The zero-order valence-corrected chi connectivity index (χ0v) is 14.3. The van der Waals surface area contributed by atoms with Crippen LogP contribution in [0, 0.1) is 13.8 Å². The van der Waals surface area contributed by atoms with Crippen LogP contribution < -0.4 is 5.63 Å². The van der Waals surface area contributed by atoms with Gasteiger partial charge in [0.25, 0.3) is 5.24 Å². The van der Waals surface area contributed by atoms with Crippen LogP contribution in [0.5, 0.6) is 0 Å². The lowest BCUT2D eigenvalue weighted by molar-refractivity contribution is -0.145. The van der Waals surface area contributed by atoms with E-state index in [2.05, 4.69) is 0 Å². The molecule has 3 rings (SSSR count). The van der Waals surface area contributed by atoms with Crippen molar-refractivity contribution in [3.63, 3.8) is 0 Å². The Morgan fingerprint density at radius 3 is 2.71 bits per heavy atom. The number of aryl methyl sites for hydroxylation is 2. The molecule has 24 heavy (non-hydrogen) atoms. The Balaban J connectivity index is 1.77. The van der Waals surface area contributed by atoms with Crippen LogP contribution in [0.4, 0.5) is 4.79 Å². The fourth-order valence-electron chi connectivity index (χ4n) is 2.53. The molecule has 0 N–H and O–H groups in total. The molecule has 0 unspecified atom stereocenters. The summed E-state index contributed by atoms with van der Waals surface area (Å²) in [6.07, 6.45) is 0. The average Bonchev–Trinajstić information content (AvgIpc) is 2.92. The number of hydrogen-bond donors (Lipinski definition) is 0. The number of fused-ring (bicyclic) bond motifs is 1. The highest BCUT2D eigenvalue weighted by molar-refractivity contribution is 8.13. The summed E-state index contributed by atoms with van der Waals surface area (Å²) in [7, 11) is 0. The summed E-state index contributed by atoms with van der Waals surface area (Å²) in [5.74, 6) is 0.200. The third-order valence-electron chi connectivity index (χ3n) is 4.00. The lowest BCUT2D eigenvalue weighted by atomic mass is 10.0. The Morgan fingerprint density at radius 2 is 2.00 bits per heavy atom. The Bertz CT molecular complexity index is 873. The first kappa shape index (κ1) is 16.6. The Morgan fingerprint density at radius 1 is 1.25 bits per heavy atom. The number of benzene rings is 1. The predicted molar refractivity (Wildman–Crippen MR) is 91.2 cm³/mol. The van der Waals surface area contributed by atoms with Crippen LogP contribution in [0.3, 0.4) is 0 Å². The number of esters is 1. The van der Waals surface area contributed by atoms with E-state index in [9.17, 15) is 14.4 Å². The van der Waals surface area contributed by atoms with Crippen molar-refractivity contribution in [1.82, 2.24) is 4.90 Å². The van der Waals surface area contributed by atoms with E-state index in [-0.39, 0.29) is 18.4 Å². The van der Waals surface area contributed by atoms with E-state index in [1.165, 1.54) is 22.7 Å². The molecule has 0 atom stereocenters. The van der Waals surface area contributed by atoms with Crippen molar-refractivity contribution in [2.45, 2.75) is 20.5 Å². The van der Waals surface area contributed by atoms with Crippen LogP contribution in [0.2, 0.25) is 0 Å². The van der Waals surface area contributed by atoms with E-state index in [0.29, 0.717) is 23.4 Å². The van der Waals surface area contributed by atoms with Crippen molar-refractivity contribution >= 4 is 33.9 Å². The number of carbonyl (C=O) groups excluding carboxylic acids is 2. The molecule has 0 saturated carbocycles. The minimum absolute atomic E-state index is 0.0292. The van der Waals surface area contributed by atoms with Crippen LogP contribution >= 0.6 is 11.8 Å². The van der Waals surface area contributed by atoms with Crippen LogP contribution in [0.1, 0.15) is 16.7 Å². The van der Waals surface area contributed by atoms with Crippen molar-refractivity contribution in [2.24, 2.45) is 0 Å². The van der Waals surface area contributed by atoms with Gasteiger partial charge in [0.1, 0.15) is 18.7 Å². The molecule has 7 heteroatoms. The van der Waals surface area contributed by atoms with Gasteiger partial charge in [0, 0.05) is 29.3 Å². The van der Waals surface area contributed by atoms with Crippen molar-refractivity contribution in [1.29, 1.82) is 0 Å². The first-order chi connectivity index (χ1) is 11.4. The van der Waals surface area contributed by atoms with Gasteiger partial charge in [-0.3, -0.25) is 9.59 Å². The zero-order chi connectivity index (χ0) is 17.3. The average molecular weight is 347 g/mol. The van der Waals surface area contributed by atoms with E-state index in [1.54, 1.807) is 6.07 Å². The highest BCUT2D eigenvalue weighted by Crippen LogP contribution is 2.22. The number of thioether (sulfide) groups is 1. The quantitative estimate of drug-likeness (QED) is 0.625. The zero-order valence-electron chi connectivity index (χ0n) is 13.5. The van der Waals surface area contributed by atoms with E-state index >= 15 is 0 Å². The molecule has 0 bridgehead atoms. The largest absolute Gasteiger partial charge is 0.459 e. The van der Waals surface area contributed by atoms with Gasteiger partial charge in [0.2, 0.25) is 0 Å². The molecule has 126 valence electrons. The molecule has 1 aromatic heterocycles. The second-order valence-corrected chi connectivity index (χ2v) is 6.77. The number of nitrogens with zero attached hydrogens (tertiary/aromatic N) is 1. The predicted octanol–water partition coefficient (Wildman–Crippen LogP) is 2.62. The SMILES string of the molecule is Cc1cc2oc(=O)cc(COC(=O)CN3CCSC3=O)c2cc1C. The van der Waals surface area contributed by atoms with Gasteiger partial charge in [0.15, 0.2) is 0 Å². The molecule has 2 aromatic rings. The second kappa shape index (κ2) is 6.68. The first-order valence-corrected chi connectivity index (χ1v) is 8.54. The van der Waals surface area contributed by atoms with Gasteiger partial charge in [-0.2, -0.15) is 0 Å². The maximum atomic E-state index is 11.9. The van der Waals surface area contributed by atoms with E-state index in [1.807, 2.05) is 19.9 Å². The number of amides is 1. The van der Waals surface area contributed by atoms with Gasteiger partial charge < -0.3 is 14.1 Å². The Kier molecular flexibility index (Phi) is 4.62. The summed E-state index contributed by atoms with van der Waals surface area (Å²) < 4.78 is 10.5. The molecular formula is C17H17NO5S. The minimum atomic E-state index is -0.490. The van der Waals surface area contributed by atoms with Gasteiger partial charge in [-0.15, -0.1) is 0 Å². The minimum Gasteiger partial charge on any atom is -0.459 e. The molecule has 0 spiro atoms. The molecule has 6 nitrogen and oxygen atoms in total. The van der Waals surface area contributed by atoms with Crippen molar-refractivity contribution in [3.8, 4) is 0 Å². The smallest absolute Gasteiger partial charge is 0.336 e. The maximum Gasteiger partial charge on any atom is 0.336 e. The molecule has 2 heterocycles. The van der Waals surface area contributed by atoms with Gasteiger partial charge in [-0.1, -0.05) is 11.8 Å². The third-order valence-corrected chi connectivity index (χ3v) is 4.89. The molecule has 1 aliphatic heterocycles. The van der Waals surface area contributed by atoms with E-state index < -0.39 is 11.6 Å². The molecule has 1 aromatic carbocycles. The van der Waals surface area contributed by atoms with Crippen LogP contribution in [-0.4, -0.2) is 35.0 Å². The van der Waals surface area contributed by atoms with Crippen LogP contribution in [-0.2, 0) is 16.1 Å². The molecule has 1 saturated heterocycles. The highest BCUT2D eigenvalue weighted by atomic mass is 32.2. The first-order valence-electron chi connectivity index (χ1n) is 7.55. The fraction of sp³-hybridized carbons (Fsp3) is 0.353. The summed E-state index contributed by atoms with van der Waals surface area (Å²) >= 11 is 1.19.